The van der Waals surface area contributed by atoms with Gasteiger partial charge in [0.05, 0.1) is 6.10 Å². The SMILES string of the molecule is CCCCC(F)(F)C(O)CC[C@H]1[C@H](OC2CCCO2)CC(=O)[C@@H]1CCCCCCC(=O)OCc1ccccc1. The number of carbonyl (C=O) groups excluding carboxylic acids is 2. The maximum absolute atomic E-state index is 14.4. The van der Waals surface area contributed by atoms with Crippen molar-refractivity contribution in [2.24, 2.45) is 11.8 Å². The van der Waals surface area contributed by atoms with Crippen LogP contribution in [0.15, 0.2) is 30.3 Å². The summed E-state index contributed by atoms with van der Waals surface area (Å²) in [7, 11) is 0. The van der Waals surface area contributed by atoms with Crippen molar-refractivity contribution in [2.45, 2.75) is 128 Å². The Kier molecular flexibility index (Phi) is 13.3. The highest BCUT2D eigenvalue weighted by molar-refractivity contribution is 5.84. The Bertz CT molecular complexity index is 858. The first-order valence-electron chi connectivity index (χ1n) is 14.9. The molecule has 0 aromatic heterocycles. The van der Waals surface area contributed by atoms with E-state index >= 15 is 0 Å². The third kappa shape index (κ3) is 10.5. The summed E-state index contributed by atoms with van der Waals surface area (Å²) in [6, 6.07) is 9.57. The summed E-state index contributed by atoms with van der Waals surface area (Å²) in [6.45, 7) is 2.75. The lowest BCUT2D eigenvalue weighted by Crippen LogP contribution is -2.35. The number of aliphatic hydroxyl groups is 1. The van der Waals surface area contributed by atoms with Gasteiger partial charge in [0.1, 0.15) is 18.5 Å². The minimum Gasteiger partial charge on any atom is -0.461 e. The van der Waals surface area contributed by atoms with Crippen LogP contribution in [0.4, 0.5) is 8.78 Å². The zero-order valence-corrected chi connectivity index (χ0v) is 23.3. The topological polar surface area (TPSA) is 82.1 Å². The number of aliphatic hydroxyl groups excluding tert-OH is 1. The molecule has 1 saturated heterocycles. The molecular weight excluding hydrogens is 506 g/mol. The van der Waals surface area contributed by atoms with Crippen molar-refractivity contribution >= 4 is 11.8 Å². The van der Waals surface area contributed by atoms with E-state index in [0.717, 1.165) is 44.1 Å². The number of Topliss-reactive ketones (excluding diaryl/α,β-unsaturated/α-hetero) is 1. The van der Waals surface area contributed by atoms with E-state index in [2.05, 4.69) is 0 Å². The van der Waals surface area contributed by atoms with E-state index in [4.69, 9.17) is 14.2 Å². The molecule has 220 valence electrons. The molecule has 1 aliphatic heterocycles. The number of esters is 1. The van der Waals surface area contributed by atoms with Crippen LogP contribution in [0.2, 0.25) is 0 Å². The monoisotopic (exact) mass is 552 g/mol. The fourth-order valence-electron chi connectivity index (χ4n) is 5.70. The zero-order chi connectivity index (χ0) is 28.1. The second-order valence-electron chi connectivity index (χ2n) is 11.1. The molecule has 1 N–H and O–H groups in total. The number of alkyl halides is 2. The van der Waals surface area contributed by atoms with Crippen LogP contribution in [0, 0.1) is 11.8 Å². The number of hydrogen-bond acceptors (Lipinski definition) is 6. The summed E-state index contributed by atoms with van der Waals surface area (Å²) >= 11 is 0. The number of hydrogen-bond donors (Lipinski definition) is 1. The van der Waals surface area contributed by atoms with E-state index in [9.17, 15) is 23.5 Å². The molecule has 5 atom stereocenters. The maximum Gasteiger partial charge on any atom is 0.306 e. The van der Waals surface area contributed by atoms with Crippen LogP contribution in [-0.4, -0.2) is 47.9 Å². The van der Waals surface area contributed by atoms with Crippen LogP contribution in [0.5, 0.6) is 0 Å². The number of halogens is 2. The highest BCUT2D eigenvalue weighted by Gasteiger charge is 2.45. The van der Waals surface area contributed by atoms with Crippen molar-refractivity contribution in [3.63, 3.8) is 0 Å². The summed E-state index contributed by atoms with van der Waals surface area (Å²) in [5, 5.41) is 10.3. The number of ether oxygens (including phenoxy) is 3. The molecule has 0 amide bonds. The molecule has 6 nitrogen and oxygen atoms in total. The molecule has 2 aliphatic rings. The Labute approximate surface area is 231 Å². The molecule has 3 rings (SSSR count). The molecule has 0 radical (unpaired) electrons. The van der Waals surface area contributed by atoms with Crippen LogP contribution in [-0.2, 0) is 30.4 Å². The van der Waals surface area contributed by atoms with Gasteiger partial charge in [0.2, 0.25) is 0 Å². The number of carbonyl (C=O) groups is 2. The van der Waals surface area contributed by atoms with Gasteiger partial charge in [-0.2, -0.15) is 0 Å². The van der Waals surface area contributed by atoms with Crippen molar-refractivity contribution in [2.75, 3.05) is 6.61 Å². The summed E-state index contributed by atoms with van der Waals surface area (Å²) < 4.78 is 45.8. The largest absolute Gasteiger partial charge is 0.461 e. The highest BCUT2D eigenvalue weighted by Crippen LogP contribution is 2.41. The second kappa shape index (κ2) is 16.4. The van der Waals surface area contributed by atoms with Gasteiger partial charge < -0.3 is 19.3 Å². The summed E-state index contributed by atoms with van der Waals surface area (Å²) in [5.41, 5.74) is 0.959. The molecule has 1 aliphatic carbocycles. The third-order valence-corrected chi connectivity index (χ3v) is 8.04. The minimum absolute atomic E-state index is 0.0539. The van der Waals surface area contributed by atoms with Gasteiger partial charge in [-0.3, -0.25) is 9.59 Å². The van der Waals surface area contributed by atoms with E-state index in [1.807, 2.05) is 37.3 Å². The van der Waals surface area contributed by atoms with Gasteiger partial charge in [0.25, 0.3) is 5.92 Å². The first kappa shape index (κ1) is 31.6. The van der Waals surface area contributed by atoms with E-state index in [-0.39, 0.29) is 61.9 Å². The lowest BCUT2D eigenvalue weighted by molar-refractivity contribution is -0.158. The van der Waals surface area contributed by atoms with E-state index < -0.39 is 12.0 Å². The zero-order valence-electron chi connectivity index (χ0n) is 23.3. The van der Waals surface area contributed by atoms with Crippen molar-refractivity contribution in [3.8, 4) is 0 Å². The molecule has 39 heavy (non-hydrogen) atoms. The number of ketones is 1. The number of benzene rings is 1. The molecule has 0 spiro atoms. The Morgan fingerprint density at radius 3 is 2.62 bits per heavy atom. The first-order chi connectivity index (χ1) is 18.8. The van der Waals surface area contributed by atoms with Crippen molar-refractivity contribution < 1.29 is 37.7 Å². The van der Waals surface area contributed by atoms with E-state index in [1.165, 1.54) is 0 Å². The Morgan fingerprint density at radius 1 is 1.13 bits per heavy atom. The van der Waals surface area contributed by atoms with Gasteiger partial charge in [-0.15, -0.1) is 0 Å². The predicted octanol–water partition coefficient (Wildman–Crippen LogP) is 6.76. The molecule has 2 fully saturated rings. The molecule has 1 saturated carbocycles. The van der Waals surface area contributed by atoms with Gasteiger partial charge in [0.15, 0.2) is 6.29 Å². The highest BCUT2D eigenvalue weighted by atomic mass is 19.3. The Morgan fingerprint density at radius 2 is 1.90 bits per heavy atom. The Balaban J connectivity index is 1.43. The number of unbranched alkanes of at least 4 members (excludes halogenated alkanes) is 4. The standard InChI is InChI=1S/C31H46F2O6/c1-2-3-19-31(32,33)28(35)18-17-25-24(26(34)21-27(25)39-30-16-11-20-37-30)14-9-4-5-10-15-29(36)38-22-23-12-7-6-8-13-23/h6-8,12-13,24-25,27-28,30,35H,2-5,9-11,14-22H2,1H3/t24-,25-,27-,28?,30?/m1/s1. The van der Waals surface area contributed by atoms with E-state index in [1.54, 1.807) is 0 Å². The summed E-state index contributed by atoms with van der Waals surface area (Å²) in [6.07, 6.45) is 4.76. The van der Waals surface area contributed by atoms with Crippen LogP contribution in [0.3, 0.4) is 0 Å². The van der Waals surface area contributed by atoms with Crippen molar-refractivity contribution in [1.82, 2.24) is 0 Å². The third-order valence-electron chi connectivity index (χ3n) is 8.04. The fraction of sp³-hybridized carbons (Fsp3) is 0.742. The normalized spacial score (nSPS) is 24.3. The first-order valence-corrected chi connectivity index (χ1v) is 14.9. The molecule has 8 heteroatoms. The average Bonchev–Trinajstić information content (AvgIpc) is 3.54. The molecule has 0 bridgehead atoms. The smallest absolute Gasteiger partial charge is 0.306 e. The molecular formula is C31H46F2O6. The van der Waals surface area contributed by atoms with E-state index in [0.29, 0.717) is 38.7 Å². The van der Waals surface area contributed by atoms with Crippen LogP contribution in [0.25, 0.3) is 0 Å². The van der Waals surface area contributed by atoms with Crippen LogP contribution < -0.4 is 0 Å². The van der Waals surface area contributed by atoms with Crippen molar-refractivity contribution in [3.05, 3.63) is 35.9 Å². The lowest BCUT2D eigenvalue weighted by Gasteiger charge is -2.29. The lowest BCUT2D eigenvalue weighted by atomic mass is 9.84. The van der Waals surface area contributed by atoms with Gasteiger partial charge >= 0.3 is 5.97 Å². The predicted molar refractivity (Wildman–Crippen MR) is 144 cm³/mol. The maximum atomic E-state index is 14.4. The Hall–Kier alpha value is -1.90. The summed E-state index contributed by atoms with van der Waals surface area (Å²) in [4.78, 5) is 25.0. The average molecular weight is 553 g/mol. The van der Waals surface area contributed by atoms with Crippen LogP contribution >= 0.6 is 0 Å². The molecule has 1 aromatic rings. The van der Waals surface area contributed by atoms with Gasteiger partial charge in [-0.25, -0.2) is 8.78 Å². The molecule has 1 aromatic carbocycles. The second-order valence-corrected chi connectivity index (χ2v) is 11.1. The molecule has 1 heterocycles. The van der Waals surface area contributed by atoms with Crippen molar-refractivity contribution in [1.29, 1.82) is 0 Å². The van der Waals surface area contributed by atoms with Gasteiger partial charge in [-0.1, -0.05) is 62.9 Å². The fourth-order valence-corrected chi connectivity index (χ4v) is 5.70. The van der Waals surface area contributed by atoms with Crippen LogP contribution in [0.1, 0.15) is 102 Å². The minimum atomic E-state index is -3.12. The van der Waals surface area contributed by atoms with Gasteiger partial charge in [-0.05, 0) is 50.0 Å². The summed E-state index contributed by atoms with van der Waals surface area (Å²) in [5.74, 6) is -3.69. The van der Waals surface area contributed by atoms with Gasteiger partial charge in [0, 0.05) is 38.2 Å². The number of rotatable bonds is 18. The quantitative estimate of drug-likeness (QED) is 0.160. The molecule has 2 unspecified atom stereocenters.